The number of carbonyl (C=O) groups is 1. The molecule has 0 aromatic heterocycles. The van der Waals surface area contributed by atoms with Crippen LogP contribution in [0.15, 0.2) is 4.99 Å². The van der Waals surface area contributed by atoms with Gasteiger partial charge in [-0.1, -0.05) is 26.7 Å². The van der Waals surface area contributed by atoms with Gasteiger partial charge in [-0.25, -0.2) is 0 Å². The van der Waals surface area contributed by atoms with Crippen LogP contribution < -0.4 is 10.6 Å². The van der Waals surface area contributed by atoms with Crippen molar-refractivity contribution >= 4 is 11.9 Å². The Kier molecular flexibility index (Phi) is 10.7. The molecule has 22 heavy (non-hydrogen) atoms. The van der Waals surface area contributed by atoms with E-state index in [0.717, 1.165) is 44.7 Å². The largest absolute Gasteiger partial charge is 0.460 e. The Hall–Kier alpha value is -1.26. The van der Waals surface area contributed by atoms with Gasteiger partial charge in [-0.15, -0.1) is 0 Å². The van der Waals surface area contributed by atoms with Crippen molar-refractivity contribution in [2.24, 2.45) is 10.9 Å². The van der Waals surface area contributed by atoms with Crippen molar-refractivity contribution in [2.75, 3.05) is 20.1 Å². The lowest BCUT2D eigenvalue weighted by Crippen LogP contribution is -2.39. The van der Waals surface area contributed by atoms with E-state index >= 15 is 0 Å². The van der Waals surface area contributed by atoms with Gasteiger partial charge in [-0.2, -0.15) is 0 Å². The maximum Gasteiger partial charge on any atom is 0.306 e. The molecule has 0 aliphatic rings. The van der Waals surface area contributed by atoms with Gasteiger partial charge in [0.05, 0.1) is 0 Å². The second-order valence-electron chi connectivity index (χ2n) is 7.02. The third-order valence-electron chi connectivity index (χ3n) is 2.92. The first kappa shape index (κ1) is 20.7. The summed E-state index contributed by atoms with van der Waals surface area (Å²) in [5.74, 6) is 1.37. The van der Waals surface area contributed by atoms with Gasteiger partial charge in [0.25, 0.3) is 0 Å². The summed E-state index contributed by atoms with van der Waals surface area (Å²) in [5.41, 5.74) is -0.375. The van der Waals surface area contributed by atoms with Crippen LogP contribution in [0.25, 0.3) is 0 Å². The number of esters is 1. The standard InChI is InChI=1S/C17H35N3O2/c1-14(2)13-20-16(18-6)19-12-10-8-7-9-11-15(21)22-17(3,4)5/h14H,7-13H2,1-6H3,(H2,18,19,20). The van der Waals surface area contributed by atoms with Crippen LogP contribution >= 0.6 is 0 Å². The summed E-state index contributed by atoms with van der Waals surface area (Å²) < 4.78 is 5.28. The fourth-order valence-electron chi connectivity index (χ4n) is 1.87. The van der Waals surface area contributed by atoms with Crippen molar-refractivity contribution in [2.45, 2.75) is 72.3 Å². The topological polar surface area (TPSA) is 62.7 Å². The van der Waals surface area contributed by atoms with Gasteiger partial charge in [-0.3, -0.25) is 9.79 Å². The molecule has 0 aromatic carbocycles. The molecule has 0 aromatic rings. The van der Waals surface area contributed by atoms with Crippen molar-refractivity contribution in [3.05, 3.63) is 0 Å². The SMILES string of the molecule is CN=C(NCCCCCCC(=O)OC(C)(C)C)NCC(C)C. The summed E-state index contributed by atoms with van der Waals surface area (Å²) in [6.07, 6.45) is 4.66. The highest BCUT2D eigenvalue weighted by Gasteiger charge is 2.15. The molecule has 0 aliphatic heterocycles. The second kappa shape index (κ2) is 11.3. The number of guanidine groups is 1. The van der Waals surface area contributed by atoms with E-state index < -0.39 is 0 Å². The second-order valence-corrected chi connectivity index (χ2v) is 7.02. The minimum atomic E-state index is -0.375. The lowest BCUT2D eigenvalue weighted by molar-refractivity contribution is -0.154. The van der Waals surface area contributed by atoms with E-state index in [1.54, 1.807) is 7.05 Å². The third kappa shape index (κ3) is 13.7. The quantitative estimate of drug-likeness (QED) is 0.297. The van der Waals surface area contributed by atoms with Crippen molar-refractivity contribution in [3.8, 4) is 0 Å². The number of ether oxygens (including phenoxy) is 1. The molecule has 0 rings (SSSR count). The smallest absolute Gasteiger partial charge is 0.306 e. The number of aliphatic imine (C=N–C) groups is 1. The molecular formula is C17H35N3O2. The van der Waals surface area contributed by atoms with Gasteiger partial charge >= 0.3 is 5.97 Å². The van der Waals surface area contributed by atoms with Crippen LogP contribution in [0.1, 0.15) is 66.7 Å². The number of nitrogens with one attached hydrogen (secondary N) is 2. The van der Waals surface area contributed by atoms with Gasteiger partial charge in [0.15, 0.2) is 5.96 Å². The normalized spacial score (nSPS) is 12.4. The Morgan fingerprint density at radius 1 is 1.09 bits per heavy atom. The van der Waals surface area contributed by atoms with Crippen LogP contribution in [0.4, 0.5) is 0 Å². The number of nitrogens with zero attached hydrogens (tertiary/aromatic N) is 1. The van der Waals surface area contributed by atoms with E-state index in [9.17, 15) is 4.79 Å². The molecule has 0 amide bonds. The van der Waals surface area contributed by atoms with Crippen molar-refractivity contribution in [3.63, 3.8) is 0 Å². The van der Waals surface area contributed by atoms with E-state index in [4.69, 9.17) is 4.74 Å². The molecule has 0 unspecified atom stereocenters. The van der Waals surface area contributed by atoms with Gasteiger partial charge in [-0.05, 0) is 39.5 Å². The Bertz CT molecular complexity index is 333. The molecule has 0 heterocycles. The zero-order valence-electron chi connectivity index (χ0n) is 15.3. The van der Waals surface area contributed by atoms with Crippen LogP contribution in [0, 0.1) is 5.92 Å². The van der Waals surface area contributed by atoms with Crippen LogP contribution in [-0.2, 0) is 9.53 Å². The zero-order valence-corrected chi connectivity index (χ0v) is 15.3. The number of rotatable bonds is 9. The number of hydrogen-bond donors (Lipinski definition) is 2. The van der Waals surface area contributed by atoms with E-state index in [-0.39, 0.29) is 11.6 Å². The van der Waals surface area contributed by atoms with Crippen LogP contribution in [0.2, 0.25) is 0 Å². The van der Waals surface area contributed by atoms with E-state index in [2.05, 4.69) is 29.5 Å². The van der Waals surface area contributed by atoms with E-state index in [0.29, 0.717) is 12.3 Å². The monoisotopic (exact) mass is 313 g/mol. The maximum atomic E-state index is 11.5. The fourth-order valence-corrected chi connectivity index (χ4v) is 1.87. The summed E-state index contributed by atoms with van der Waals surface area (Å²) >= 11 is 0. The minimum Gasteiger partial charge on any atom is -0.460 e. The van der Waals surface area contributed by atoms with Crippen LogP contribution in [-0.4, -0.2) is 37.7 Å². The number of hydrogen-bond acceptors (Lipinski definition) is 3. The molecule has 5 nitrogen and oxygen atoms in total. The molecule has 0 saturated heterocycles. The highest BCUT2D eigenvalue weighted by atomic mass is 16.6. The predicted octanol–water partition coefficient (Wildman–Crippen LogP) is 3.10. The summed E-state index contributed by atoms with van der Waals surface area (Å²) in [7, 11) is 1.79. The Labute approximate surface area is 136 Å². The maximum absolute atomic E-state index is 11.5. The van der Waals surface area contributed by atoms with Crippen molar-refractivity contribution < 1.29 is 9.53 Å². The Morgan fingerprint density at radius 3 is 2.27 bits per heavy atom. The molecular weight excluding hydrogens is 278 g/mol. The molecule has 0 atom stereocenters. The first-order chi connectivity index (χ1) is 10.2. The minimum absolute atomic E-state index is 0.0936. The number of carbonyl (C=O) groups excluding carboxylic acids is 1. The summed E-state index contributed by atoms with van der Waals surface area (Å²) in [6.45, 7) is 11.9. The predicted molar refractivity (Wildman–Crippen MR) is 93.1 cm³/mol. The molecule has 130 valence electrons. The third-order valence-corrected chi connectivity index (χ3v) is 2.92. The highest BCUT2D eigenvalue weighted by molar-refractivity contribution is 5.79. The first-order valence-electron chi connectivity index (χ1n) is 8.41. The number of unbranched alkanes of at least 4 members (excludes halogenated alkanes) is 3. The Balaban J connectivity index is 3.55. The van der Waals surface area contributed by atoms with E-state index in [1.807, 2.05) is 20.8 Å². The van der Waals surface area contributed by atoms with Crippen molar-refractivity contribution in [1.82, 2.24) is 10.6 Å². The van der Waals surface area contributed by atoms with Gasteiger partial charge in [0.1, 0.15) is 5.60 Å². The Morgan fingerprint density at radius 2 is 1.73 bits per heavy atom. The summed E-state index contributed by atoms with van der Waals surface area (Å²) in [6, 6.07) is 0. The molecule has 2 N–H and O–H groups in total. The molecule has 0 fully saturated rings. The average molecular weight is 313 g/mol. The van der Waals surface area contributed by atoms with Gasteiger partial charge in [0.2, 0.25) is 0 Å². The molecule has 0 saturated carbocycles. The lowest BCUT2D eigenvalue weighted by Gasteiger charge is -2.19. The first-order valence-corrected chi connectivity index (χ1v) is 8.41. The van der Waals surface area contributed by atoms with Crippen molar-refractivity contribution in [1.29, 1.82) is 0 Å². The molecule has 0 aliphatic carbocycles. The van der Waals surface area contributed by atoms with Gasteiger partial charge < -0.3 is 15.4 Å². The molecule has 0 radical (unpaired) electrons. The molecule has 0 spiro atoms. The average Bonchev–Trinajstić information content (AvgIpc) is 2.38. The fraction of sp³-hybridized carbons (Fsp3) is 0.882. The molecule has 5 heteroatoms. The summed E-state index contributed by atoms with van der Waals surface area (Å²) in [5, 5.41) is 6.59. The van der Waals surface area contributed by atoms with Crippen LogP contribution in [0.3, 0.4) is 0 Å². The van der Waals surface area contributed by atoms with Gasteiger partial charge in [0, 0.05) is 26.6 Å². The van der Waals surface area contributed by atoms with E-state index in [1.165, 1.54) is 0 Å². The molecule has 0 bridgehead atoms. The summed E-state index contributed by atoms with van der Waals surface area (Å²) in [4.78, 5) is 15.7. The van der Waals surface area contributed by atoms with Crippen LogP contribution in [0.5, 0.6) is 0 Å². The zero-order chi connectivity index (χ0) is 17.0. The highest BCUT2D eigenvalue weighted by Crippen LogP contribution is 2.10. The lowest BCUT2D eigenvalue weighted by atomic mass is 10.1.